The molecule has 0 atom stereocenters. The summed E-state index contributed by atoms with van der Waals surface area (Å²) in [5.41, 5.74) is 0.998. The largest absolute Gasteiger partial charge is 0.497 e. The van der Waals surface area contributed by atoms with Gasteiger partial charge in [-0.1, -0.05) is 37.0 Å². The highest BCUT2D eigenvalue weighted by Crippen LogP contribution is 2.09. The lowest BCUT2D eigenvalue weighted by atomic mass is 10.2. The molecule has 1 heteroatoms. The van der Waals surface area contributed by atoms with Crippen LogP contribution in [0.2, 0.25) is 0 Å². The molecule has 0 aliphatic rings. The van der Waals surface area contributed by atoms with Gasteiger partial charge in [-0.05, 0) is 13.8 Å². The number of rotatable bonds is 4. The van der Waals surface area contributed by atoms with Crippen LogP contribution < -0.4 is 0 Å². The Hall–Kier alpha value is -1.24. The molecule has 0 aromatic carbocycles. The van der Waals surface area contributed by atoms with Gasteiger partial charge in [-0.3, -0.25) is 0 Å². The minimum Gasteiger partial charge on any atom is -0.497 e. The van der Waals surface area contributed by atoms with Crippen LogP contribution in [-0.4, -0.2) is 7.11 Å². The maximum absolute atomic E-state index is 5.01. The van der Waals surface area contributed by atoms with E-state index < -0.39 is 0 Å². The van der Waals surface area contributed by atoms with Crippen molar-refractivity contribution < 1.29 is 4.74 Å². The quantitative estimate of drug-likeness (QED) is 0.458. The highest BCUT2D eigenvalue weighted by molar-refractivity contribution is 5.36. The molecular weight excluding hydrogens is 148 g/mol. The monoisotopic (exact) mass is 164 g/mol. The number of allylic oxidation sites excluding steroid dienone is 5. The fourth-order valence-electron chi connectivity index (χ4n) is 0.739. The Balaban J connectivity index is 4.53. The van der Waals surface area contributed by atoms with Crippen molar-refractivity contribution in [3.8, 4) is 0 Å². The second-order valence-corrected chi connectivity index (χ2v) is 2.28. The van der Waals surface area contributed by atoms with Crippen molar-refractivity contribution >= 4 is 0 Å². The van der Waals surface area contributed by atoms with Gasteiger partial charge in [0.15, 0.2) is 0 Å². The number of hydrogen-bond acceptors (Lipinski definition) is 1. The summed E-state index contributed by atoms with van der Waals surface area (Å²) < 4.78 is 5.01. The molecule has 0 N–H and O–H groups in total. The zero-order chi connectivity index (χ0) is 9.40. The molecule has 0 fully saturated rings. The molecule has 66 valence electrons. The fourth-order valence-corrected chi connectivity index (χ4v) is 0.739. The van der Waals surface area contributed by atoms with Gasteiger partial charge in [-0.2, -0.15) is 0 Å². The summed E-state index contributed by atoms with van der Waals surface area (Å²) in [5.74, 6) is 0.686. The summed E-state index contributed by atoms with van der Waals surface area (Å²) in [4.78, 5) is 0. The second-order valence-electron chi connectivity index (χ2n) is 2.28. The van der Waals surface area contributed by atoms with E-state index >= 15 is 0 Å². The van der Waals surface area contributed by atoms with E-state index in [0.29, 0.717) is 5.76 Å². The van der Waals surface area contributed by atoms with E-state index in [-0.39, 0.29) is 0 Å². The van der Waals surface area contributed by atoms with E-state index in [1.165, 1.54) is 0 Å². The van der Waals surface area contributed by atoms with Crippen LogP contribution in [0.4, 0.5) is 0 Å². The summed E-state index contributed by atoms with van der Waals surface area (Å²) >= 11 is 0. The van der Waals surface area contributed by atoms with E-state index in [9.17, 15) is 0 Å². The minimum atomic E-state index is 0.686. The molecule has 0 amide bonds. The van der Waals surface area contributed by atoms with Gasteiger partial charge in [-0.25, -0.2) is 0 Å². The van der Waals surface area contributed by atoms with Crippen LogP contribution in [0.25, 0.3) is 0 Å². The lowest BCUT2D eigenvalue weighted by molar-refractivity contribution is 0.304. The first-order chi connectivity index (χ1) is 5.76. The van der Waals surface area contributed by atoms with Crippen molar-refractivity contribution in [2.75, 3.05) is 7.11 Å². The van der Waals surface area contributed by atoms with Gasteiger partial charge in [0.05, 0.1) is 7.11 Å². The maximum Gasteiger partial charge on any atom is 0.118 e. The Morgan fingerprint density at radius 3 is 2.33 bits per heavy atom. The normalized spacial score (nSPS) is 12.8. The third kappa shape index (κ3) is 3.81. The van der Waals surface area contributed by atoms with Crippen LogP contribution in [0.1, 0.15) is 13.8 Å². The summed E-state index contributed by atoms with van der Waals surface area (Å²) in [6, 6.07) is 0. The van der Waals surface area contributed by atoms with E-state index in [1.807, 2.05) is 44.2 Å². The molecule has 0 unspecified atom stereocenters. The molecule has 0 aliphatic carbocycles. The first-order valence-corrected chi connectivity index (χ1v) is 3.95. The third-order valence-corrected chi connectivity index (χ3v) is 1.38. The van der Waals surface area contributed by atoms with Crippen molar-refractivity contribution in [1.29, 1.82) is 0 Å². The van der Waals surface area contributed by atoms with Crippen molar-refractivity contribution in [3.63, 3.8) is 0 Å². The highest BCUT2D eigenvalue weighted by atomic mass is 16.5. The zero-order valence-corrected chi connectivity index (χ0v) is 8.00. The molecule has 0 spiro atoms. The molecule has 0 rings (SSSR count). The number of hydrogen-bond donors (Lipinski definition) is 0. The molecule has 0 saturated carbocycles. The maximum atomic E-state index is 5.01. The Morgan fingerprint density at radius 1 is 1.25 bits per heavy atom. The Kier molecular flexibility index (Phi) is 5.80. The number of ether oxygens (including phenoxy) is 1. The lowest BCUT2D eigenvalue weighted by Gasteiger charge is -2.03. The summed E-state index contributed by atoms with van der Waals surface area (Å²) in [5, 5.41) is 0. The average molecular weight is 164 g/mol. The standard InChI is InChI=1S/C11H16O/c1-5-7-9-11(8-6-2)10(3)12-4/h5-9H,3H2,1-2,4H3/b7-5-,8-6-,11-9+. The molecular formula is C11H16O. The van der Waals surface area contributed by atoms with Gasteiger partial charge in [0, 0.05) is 5.57 Å². The highest BCUT2D eigenvalue weighted by Gasteiger charge is 1.94. The van der Waals surface area contributed by atoms with Crippen LogP contribution in [0.5, 0.6) is 0 Å². The smallest absolute Gasteiger partial charge is 0.118 e. The first kappa shape index (κ1) is 10.8. The van der Waals surface area contributed by atoms with E-state index in [1.54, 1.807) is 7.11 Å². The predicted octanol–water partition coefficient (Wildman–Crippen LogP) is 3.23. The molecule has 0 aromatic heterocycles. The summed E-state index contributed by atoms with van der Waals surface area (Å²) in [6.07, 6.45) is 9.81. The van der Waals surface area contributed by atoms with Crippen molar-refractivity contribution in [2.24, 2.45) is 0 Å². The van der Waals surface area contributed by atoms with Gasteiger partial charge >= 0.3 is 0 Å². The molecule has 0 heterocycles. The van der Waals surface area contributed by atoms with E-state index in [4.69, 9.17) is 4.74 Å². The average Bonchev–Trinajstić information content (AvgIpc) is 2.11. The molecule has 0 bridgehead atoms. The van der Waals surface area contributed by atoms with Crippen LogP contribution in [-0.2, 0) is 4.74 Å². The van der Waals surface area contributed by atoms with Gasteiger partial charge in [-0.15, -0.1) is 0 Å². The number of methoxy groups -OCH3 is 1. The minimum absolute atomic E-state index is 0.686. The second kappa shape index (κ2) is 6.47. The summed E-state index contributed by atoms with van der Waals surface area (Å²) in [7, 11) is 1.62. The van der Waals surface area contributed by atoms with Gasteiger partial charge in [0.1, 0.15) is 5.76 Å². The molecule has 0 aliphatic heterocycles. The topological polar surface area (TPSA) is 9.23 Å². The molecule has 1 nitrogen and oxygen atoms in total. The fraction of sp³-hybridized carbons (Fsp3) is 0.273. The van der Waals surface area contributed by atoms with Gasteiger partial charge < -0.3 is 4.74 Å². The van der Waals surface area contributed by atoms with Crippen molar-refractivity contribution in [3.05, 3.63) is 48.3 Å². The zero-order valence-electron chi connectivity index (χ0n) is 8.00. The SMILES string of the molecule is C=C(OC)C(/C=C\C)=C/C=C\C. The van der Waals surface area contributed by atoms with Crippen molar-refractivity contribution in [1.82, 2.24) is 0 Å². The van der Waals surface area contributed by atoms with Crippen LogP contribution in [0.3, 0.4) is 0 Å². The lowest BCUT2D eigenvalue weighted by Crippen LogP contribution is -1.86. The van der Waals surface area contributed by atoms with Crippen molar-refractivity contribution in [2.45, 2.75) is 13.8 Å². The van der Waals surface area contributed by atoms with Crippen LogP contribution in [0, 0.1) is 0 Å². The van der Waals surface area contributed by atoms with E-state index in [0.717, 1.165) is 5.57 Å². The molecule has 0 radical (unpaired) electrons. The Bertz CT molecular complexity index is 219. The summed E-state index contributed by atoms with van der Waals surface area (Å²) in [6.45, 7) is 7.71. The van der Waals surface area contributed by atoms with Gasteiger partial charge in [0.2, 0.25) is 0 Å². The third-order valence-electron chi connectivity index (χ3n) is 1.38. The van der Waals surface area contributed by atoms with Crippen LogP contribution >= 0.6 is 0 Å². The van der Waals surface area contributed by atoms with E-state index in [2.05, 4.69) is 6.58 Å². The molecule has 0 aromatic rings. The van der Waals surface area contributed by atoms with Gasteiger partial charge in [0.25, 0.3) is 0 Å². The Labute approximate surface area is 74.7 Å². The van der Waals surface area contributed by atoms with Crippen LogP contribution in [0.15, 0.2) is 48.3 Å². The Morgan fingerprint density at radius 2 is 1.92 bits per heavy atom. The predicted molar refractivity (Wildman–Crippen MR) is 53.9 cm³/mol. The molecule has 12 heavy (non-hydrogen) atoms. The first-order valence-electron chi connectivity index (χ1n) is 3.95. The molecule has 0 saturated heterocycles.